The summed E-state index contributed by atoms with van der Waals surface area (Å²) in [6.45, 7) is 7.12. The van der Waals surface area contributed by atoms with Crippen molar-refractivity contribution in [1.29, 1.82) is 0 Å². The molecule has 3 heterocycles. The fourth-order valence-electron chi connectivity index (χ4n) is 2.19. The van der Waals surface area contributed by atoms with Gasteiger partial charge in [0.25, 0.3) is 5.97 Å². The van der Waals surface area contributed by atoms with Crippen LogP contribution in [0.25, 0.3) is 0 Å². The predicted molar refractivity (Wildman–Crippen MR) is 54.7 cm³/mol. The number of hydrogen-bond acceptors (Lipinski definition) is 4. The molecule has 5 nitrogen and oxygen atoms in total. The maximum absolute atomic E-state index is 11.3. The van der Waals surface area contributed by atoms with Crippen LogP contribution in [0.15, 0.2) is 0 Å². The van der Waals surface area contributed by atoms with E-state index in [0.717, 1.165) is 0 Å². The second-order valence-electron chi connectivity index (χ2n) is 5.34. The summed E-state index contributed by atoms with van der Waals surface area (Å²) < 4.78 is 16.6. The zero-order valence-electron chi connectivity index (χ0n) is 9.86. The van der Waals surface area contributed by atoms with Crippen LogP contribution in [0.5, 0.6) is 0 Å². The van der Waals surface area contributed by atoms with Gasteiger partial charge in [-0.05, 0) is 5.92 Å². The monoisotopic (exact) mass is 230 g/mol. The molecule has 3 rings (SSSR count). The minimum absolute atomic E-state index is 0.111. The molecule has 0 aromatic rings. The Morgan fingerprint density at radius 2 is 1.62 bits per heavy atom. The number of carbonyl (C=O) groups is 1. The van der Waals surface area contributed by atoms with E-state index in [2.05, 4.69) is 0 Å². The van der Waals surface area contributed by atoms with Gasteiger partial charge >= 0.3 is 5.97 Å². The first-order chi connectivity index (χ1) is 7.39. The molecule has 1 unspecified atom stereocenters. The summed E-state index contributed by atoms with van der Waals surface area (Å²) in [5.41, 5.74) is -0.137. The van der Waals surface area contributed by atoms with E-state index in [1.807, 2.05) is 20.8 Å². The van der Waals surface area contributed by atoms with Gasteiger partial charge in [-0.25, -0.2) is 0 Å². The van der Waals surface area contributed by atoms with Gasteiger partial charge in [0.15, 0.2) is 0 Å². The van der Waals surface area contributed by atoms with Crippen molar-refractivity contribution >= 4 is 5.97 Å². The SMILES string of the molecule is CC(C)C(C(=O)O)C12OCC(C)(CO1)CO2. The van der Waals surface area contributed by atoms with Crippen LogP contribution >= 0.6 is 0 Å². The van der Waals surface area contributed by atoms with Crippen molar-refractivity contribution in [2.24, 2.45) is 17.3 Å². The maximum atomic E-state index is 11.3. The van der Waals surface area contributed by atoms with Crippen molar-refractivity contribution in [3.8, 4) is 0 Å². The highest BCUT2D eigenvalue weighted by molar-refractivity contribution is 5.71. The molecule has 3 fully saturated rings. The number of aliphatic carboxylic acids is 1. The molecular weight excluding hydrogens is 212 g/mol. The van der Waals surface area contributed by atoms with Gasteiger partial charge in [-0.2, -0.15) is 0 Å². The largest absolute Gasteiger partial charge is 0.481 e. The van der Waals surface area contributed by atoms with Crippen LogP contribution in [0, 0.1) is 17.3 Å². The van der Waals surface area contributed by atoms with E-state index < -0.39 is 17.9 Å². The van der Waals surface area contributed by atoms with Gasteiger partial charge in [0.1, 0.15) is 5.92 Å². The summed E-state index contributed by atoms with van der Waals surface area (Å²) in [4.78, 5) is 11.3. The zero-order chi connectivity index (χ0) is 12.0. The Kier molecular flexibility index (Phi) is 2.72. The quantitative estimate of drug-likeness (QED) is 0.786. The van der Waals surface area contributed by atoms with Gasteiger partial charge in [-0.15, -0.1) is 0 Å². The molecule has 0 aliphatic carbocycles. The van der Waals surface area contributed by atoms with E-state index in [0.29, 0.717) is 19.8 Å². The third-order valence-corrected chi connectivity index (χ3v) is 3.18. The molecule has 0 saturated carbocycles. The number of hydrogen-bond donors (Lipinski definition) is 1. The summed E-state index contributed by atoms with van der Waals surface area (Å²) in [5, 5.41) is 9.23. The minimum atomic E-state index is -1.38. The van der Waals surface area contributed by atoms with Gasteiger partial charge in [0, 0.05) is 5.41 Å². The van der Waals surface area contributed by atoms with Gasteiger partial charge in [0.05, 0.1) is 19.8 Å². The average Bonchev–Trinajstić information content (AvgIpc) is 2.19. The molecule has 1 atom stereocenters. The first-order valence-corrected chi connectivity index (χ1v) is 5.53. The van der Waals surface area contributed by atoms with E-state index in [-0.39, 0.29) is 11.3 Å². The predicted octanol–water partition coefficient (Wildman–Crippen LogP) is 1.08. The smallest absolute Gasteiger partial charge is 0.315 e. The molecule has 3 aliphatic heterocycles. The molecule has 3 saturated heterocycles. The highest BCUT2D eigenvalue weighted by atomic mass is 16.9. The summed E-state index contributed by atoms with van der Waals surface area (Å²) in [6, 6.07) is 0. The Balaban J connectivity index is 2.22. The normalized spacial score (nSPS) is 40.0. The van der Waals surface area contributed by atoms with Crippen LogP contribution in [-0.4, -0.2) is 36.9 Å². The second kappa shape index (κ2) is 3.68. The molecular formula is C11H18O5. The average molecular weight is 230 g/mol. The minimum Gasteiger partial charge on any atom is -0.481 e. The number of carboxylic acids is 1. The van der Waals surface area contributed by atoms with Crippen molar-refractivity contribution < 1.29 is 24.1 Å². The first kappa shape index (κ1) is 11.8. The van der Waals surface area contributed by atoms with Gasteiger partial charge in [-0.3, -0.25) is 4.79 Å². The molecule has 16 heavy (non-hydrogen) atoms. The van der Waals surface area contributed by atoms with Crippen LogP contribution in [0.3, 0.4) is 0 Å². The van der Waals surface area contributed by atoms with Crippen LogP contribution < -0.4 is 0 Å². The number of ether oxygens (including phenoxy) is 3. The Labute approximate surface area is 94.7 Å². The number of carboxylic acid groups (broad SMARTS) is 1. The van der Waals surface area contributed by atoms with E-state index in [1.54, 1.807) is 0 Å². The van der Waals surface area contributed by atoms with Crippen LogP contribution in [-0.2, 0) is 19.0 Å². The molecule has 0 spiro atoms. The van der Waals surface area contributed by atoms with Crippen molar-refractivity contribution in [3.05, 3.63) is 0 Å². The molecule has 1 N–H and O–H groups in total. The summed E-state index contributed by atoms with van der Waals surface area (Å²) in [7, 11) is 0. The molecule has 0 radical (unpaired) electrons. The first-order valence-electron chi connectivity index (χ1n) is 5.53. The summed E-state index contributed by atoms with van der Waals surface area (Å²) >= 11 is 0. The van der Waals surface area contributed by atoms with Crippen LogP contribution in [0.2, 0.25) is 0 Å². The maximum Gasteiger partial charge on any atom is 0.315 e. The lowest BCUT2D eigenvalue weighted by Gasteiger charge is -2.52. The van der Waals surface area contributed by atoms with Crippen molar-refractivity contribution in [3.63, 3.8) is 0 Å². The molecule has 5 heteroatoms. The number of fused-ring (bicyclic) bond motifs is 3. The highest BCUT2D eigenvalue weighted by Crippen LogP contribution is 2.44. The topological polar surface area (TPSA) is 65.0 Å². The fraction of sp³-hybridized carbons (Fsp3) is 0.909. The Morgan fingerprint density at radius 1 is 1.19 bits per heavy atom. The van der Waals surface area contributed by atoms with Crippen LogP contribution in [0.1, 0.15) is 20.8 Å². The third-order valence-electron chi connectivity index (χ3n) is 3.18. The Morgan fingerprint density at radius 3 is 1.94 bits per heavy atom. The van der Waals surface area contributed by atoms with Gasteiger partial charge < -0.3 is 19.3 Å². The van der Waals surface area contributed by atoms with E-state index >= 15 is 0 Å². The van der Waals surface area contributed by atoms with Crippen molar-refractivity contribution in [1.82, 2.24) is 0 Å². The summed E-state index contributed by atoms with van der Waals surface area (Å²) in [5.74, 6) is -3.23. The van der Waals surface area contributed by atoms with E-state index in [4.69, 9.17) is 14.2 Å². The molecule has 0 aromatic heterocycles. The van der Waals surface area contributed by atoms with E-state index in [9.17, 15) is 9.90 Å². The molecule has 2 bridgehead atoms. The molecule has 3 aliphatic rings. The van der Waals surface area contributed by atoms with E-state index in [1.165, 1.54) is 0 Å². The van der Waals surface area contributed by atoms with Crippen molar-refractivity contribution in [2.75, 3.05) is 19.8 Å². The lowest BCUT2D eigenvalue weighted by atomic mass is 9.87. The number of rotatable bonds is 3. The van der Waals surface area contributed by atoms with Gasteiger partial charge in [0.2, 0.25) is 0 Å². The third kappa shape index (κ3) is 1.73. The Hall–Kier alpha value is -0.650. The van der Waals surface area contributed by atoms with Crippen molar-refractivity contribution in [2.45, 2.75) is 26.7 Å². The Bertz CT molecular complexity index is 274. The molecule has 0 aromatic carbocycles. The molecule has 0 amide bonds. The van der Waals surface area contributed by atoms with Gasteiger partial charge in [-0.1, -0.05) is 20.8 Å². The molecule has 92 valence electrons. The fourth-order valence-corrected chi connectivity index (χ4v) is 2.19. The summed E-state index contributed by atoms with van der Waals surface area (Å²) in [6.07, 6.45) is 0. The van der Waals surface area contributed by atoms with Crippen LogP contribution in [0.4, 0.5) is 0 Å². The highest BCUT2D eigenvalue weighted by Gasteiger charge is 2.58. The lowest BCUT2D eigenvalue weighted by Crippen LogP contribution is -2.64. The standard InChI is InChI=1S/C11H18O5/c1-7(2)8(9(12)13)11-14-4-10(3,5-15-11)6-16-11/h7-8H,4-6H2,1-3H3,(H,12,13). The zero-order valence-corrected chi connectivity index (χ0v) is 9.86. The lowest BCUT2D eigenvalue weighted by molar-refractivity contribution is -0.482. The second-order valence-corrected chi connectivity index (χ2v) is 5.34.